The highest BCUT2D eigenvalue weighted by Crippen LogP contribution is 2.44. The molecule has 0 unspecified atom stereocenters. The highest BCUT2D eigenvalue weighted by molar-refractivity contribution is 6.00. The van der Waals surface area contributed by atoms with E-state index in [9.17, 15) is 9.90 Å². The van der Waals surface area contributed by atoms with E-state index in [4.69, 9.17) is 0 Å². The highest BCUT2D eigenvalue weighted by atomic mass is 16.3. The minimum Gasteiger partial charge on any atom is -0.507 e. The van der Waals surface area contributed by atoms with Gasteiger partial charge in [-0.1, -0.05) is 42.0 Å². The Labute approximate surface area is 158 Å². The van der Waals surface area contributed by atoms with Crippen molar-refractivity contribution < 1.29 is 9.90 Å². The van der Waals surface area contributed by atoms with Crippen LogP contribution < -0.4 is 0 Å². The lowest BCUT2D eigenvalue weighted by molar-refractivity contribution is 0.0764. The van der Waals surface area contributed by atoms with Crippen LogP contribution in [0.1, 0.15) is 38.8 Å². The second-order valence-corrected chi connectivity index (χ2v) is 6.94. The molecular formula is C22H21N3O2. The van der Waals surface area contributed by atoms with Crippen molar-refractivity contribution >= 4 is 5.91 Å². The van der Waals surface area contributed by atoms with Crippen molar-refractivity contribution in [3.05, 3.63) is 83.1 Å². The van der Waals surface area contributed by atoms with Crippen molar-refractivity contribution in [2.45, 2.75) is 19.9 Å². The van der Waals surface area contributed by atoms with Crippen molar-refractivity contribution in [2.75, 3.05) is 6.54 Å². The topological polar surface area (TPSA) is 69.2 Å². The largest absolute Gasteiger partial charge is 0.507 e. The summed E-state index contributed by atoms with van der Waals surface area (Å²) in [5.74, 6) is 0.0439. The molecule has 2 heterocycles. The van der Waals surface area contributed by atoms with Crippen LogP contribution in [0.25, 0.3) is 11.3 Å². The fourth-order valence-electron chi connectivity index (χ4n) is 3.67. The molecule has 3 aromatic rings. The van der Waals surface area contributed by atoms with Crippen molar-refractivity contribution in [3.8, 4) is 17.0 Å². The monoisotopic (exact) mass is 359 g/mol. The first-order valence-corrected chi connectivity index (χ1v) is 8.88. The van der Waals surface area contributed by atoms with Gasteiger partial charge in [-0.25, -0.2) is 0 Å². The summed E-state index contributed by atoms with van der Waals surface area (Å²) in [6, 6.07) is 13.3. The van der Waals surface area contributed by atoms with E-state index in [-0.39, 0.29) is 17.7 Å². The van der Waals surface area contributed by atoms with Crippen LogP contribution in [0.15, 0.2) is 55.1 Å². The molecular weight excluding hydrogens is 338 g/mol. The third-order valence-electron chi connectivity index (χ3n) is 4.99. The molecule has 4 rings (SSSR count). The number of benzene rings is 2. The third-order valence-corrected chi connectivity index (χ3v) is 4.99. The molecule has 0 fully saturated rings. The maximum Gasteiger partial charge on any atom is 0.273 e. The molecule has 1 atom stereocenters. The van der Waals surface area contributed by atoms with Crippen LogP contribution in [-0.4, -0.2) is 32.7 Å². The molecule has 0 saturated heterocycles. The summed E-state index contributed by atoms with van der Waals surface area (Å²) >= 11 is 0. The lowest BCUT2D eigenvalue weighted by atomic mass is 9.95. The molecule has 0 spiro atoms. The Hall–Kier alpha value is -3.34. The number of hydrogen-bond donors (Lipinski definition) is 2. The van der Waals surface area contributed by atoms with Gasteiger partial charge in [0.1, 0.15) is 17.1 Å². The molecule has 5 heteroatoms. The highest BCUT2D eigenvalue weighted by Gasteiger charge is 2.41. The summed E-state index contributed by atoms with van der Waals surface area (Å²) in [7, 11) is 0. The number of amides is 1. The van der Waals surface area contributed by atoms with Crippen molar-refractivity contribution in [1.82, 2.24) is 15.1 Å². The van der Waals surface area contributed by atoms with Crippen LogP contribution in [0.3, 0.4) is 0 Å². The van der Waals surface area contributed by atoms with Gasteiger partial charge >= 0.3 is 0 Å². The fraction of sp³-hybridized carbons (Fsp3) is 0.182. The lowest BCUT2D eigenvalue weighted by Gasteiger charge is -2.25. The first-order chi connectivity index (χ1) is 13.0. The lowest BCUT2D eigenvalue weighted by Crippen LogP contribution is -2.29. The zero-order valence-electron chi connectivity index (χ0n) is 15.4. The fourth-order valence-corrected chi connectivity index (χ4v) is 3.67. The molecule has 2 aromatic carbocycles. The summed E-state index contributed by atoms with van der Waals surface area (Å²) in [6.45, 7) is 8.17. The van der Waals surface area contributed by atoms with Crippen molar-refractivity contribution in [2.24, 2.45) is 0 Å². The number of rotatable bonds is 4. The number of phenols is 1. The number of carbonyl (C=O) groups excluding carboxylic acids is 1. The number of fused-ring (bicyclic) bond motifs is 1. The number of hydrogen-bond acceptors (Lipinski definition) is 3. The molecule has 0 radical (unpaired) electrons. The van der Waals surface area contributed by atoms with Crippen LogP contribution in [0.5, 0.6) is 5.75 Å². The molecule has 1 aliphatic heterocycles. The summed E-state index contributed by atoms with van der Waals surface area (Å²) in [4.78, 5) is 14.7. The van der Waals surface area contributed by atoms with Crippen LogP contribution in [-0.2, 0) is 0 Å². The van der Waals surface area contributed by atoms with Crippen molar-refractivity contribution in [1.29, 1.82) is 0 Å². The molecule has 0 saturated carbocycles. The van der Waals surface area contributed by atoms with Gasteiger partial charge in [-0.3, -0.25) is 9.89 Å². The number of aromatic hydroxyl groups is 1. The van der Waals surface area contributed by atoms with Crippen LogP contribution in [0, 0.1) is 13.8 Å². The summed E-state index contributed by atoms with van der Waals surface area (Å²) < 4.78 is 0. The predicted molar refractivity (Wildman–Crippen MR) is 105 cm³/mol. The average molecular weight is 359 g/mol. The zero-order valence-corrected chi connectivity index (χ0v) is 15.4. The summed E-state index contributed by atoms with van der Waals surface area (Å²) in [5.41, 5.74) is 5.60. The molecule has 0 bridgehead atoms. The van der Waals surface area contributed by atoms with Gasteiger partial charge < -0.3 is 10.0 Å². The number of aromatic amines is 1. The normalized spacial score (nSPS) is 15.9. The number of nitrogens with zero attached hydrogens (tertiary/aromatic N) is 2. The number of aryl methyl sites for hydroxylation is 2. The third kappa shape index (κ3) is 2.72. The number of H-pyrrole nitrogens is 1. The van der Waals surface area contributed by atoms with Gasteiger partial charge in [-0.05, 0) is 37.1 Å². The van der Waals surface area contributed by atoms with E-state index in [2.05, 4.69) is 16.8 Å². The van der Waals surface area contributed by atoms with Gasteiger partial charge in [0.05, 0.1) is 6.04 Å². The Balaban J connectivity index is 1.92. The number of phenolic OH excluding ortho intramolecular Hbond substituents is 1. The minimum absolute atomic E-state index is 0.110. The SMILES string of the molecule is C=CCN1C(=O)c2[nH]nc(-c3ccc(C)cc3O)c2[C@@H]1c1ccc(C)cc1. The smallest absolute Gasteiger partial charge is 0.273 e. The molecule has 1 aromatic heterocycles. The number of carbonyl (C=O) groups is 1. The molecule has 5 nitrogen and oxygen atoms in total. The Morgan fingerprint density at radius 2 is 1.89 bits per heavy atom. The zero-order chi connectivity index (χ0) is 19.1. The Morgan fingerprint density at radius 3 is 2.56 bits per heavy atom. The summed E-state index contributed by atoms with van der Waals surface area (Å²) in [5, 5.41) is 17.7. The molecule has 27 heavy (non-hydrogen) atoms. The van der Waals surface area contributed by atoms with Crippen LogP contribution in [0.4, 0.5) is 0 Å². The van der Waals surface area contributed by atoms with Gasteiger partial charge in [0, 0.05) is 17.7 Å². The van der Waals surface area contributed by atoms with E-state index in [0.29, 0.717) is 23.5 Å². The second kappa shape index (κ2) is 6.43. The molecule has 136 valence electrons. The van der Waals surface area contributed by atoms with Gasteiger partial charge in [0.25, 0.3) is 5.91 Å². The average Bonchev–Trinajstić information content (AvgIpc) is 3.17. The Kier molecular flexibility index (Phi) is 4.07. The van der Waals surface area contributed by atoms with Gasteiger partial charge in [-0.2, -0.15) is 5.10 Å². The van der Waals surface area contributed by atoms with E-state index < -0.39 is 0 Å². The standard InChI is InChI=1S/C22H21N3O2/c1-4-11-25-21(15-8-5-13(2)6-9-15)18-19(23-24-20(18)22(25)27)16-10-7-14(3)12-17(16)26/h4-10,12,21,26H,1,11H2,2-3H3,(H,23,24)/t21-/m0/s1. The number of nitrogens with one attached hydrogen (secondary N) is 1. The van der Waals surface area contributed by atoms with Gasteiger partial charge in [-0.15, -0.1) is 6.58 Å². The second-order valence-electron chi connectivity index (χ2n) is 6.94. The minimum atomic E-state index is -0.277. The maximum absolute atomic E-state index is 13.0. The van der Waals surface area contributed by atoms with Crippen LogP contribution in [0.2, 0.25) is 0 Å². The summed E-state index contributed by atoms with van der Waals surface area (Å²) in [6.07, 6.45) is 1.72. The molecule has 0 aliphatic carbocycles. The maximum atomic E-state index is 13.0. The van der Waals surface area contributed by atoms with E-state index in [1.165, 1.54) is 0 Å². The Morgan fingerprint density at radius 1 is 1.19 bits per heavy atom. The van der Waals surface area contributed by atoms with E-state index >= 15 is 0 Å². The first-order valence-electron chi connectivity index (χ1n) is 8.88. The molecule has 2 N–H and O–H groups in total. The van der Waals surface area contributed by atoms with Crippen molar-refractivity contribution in [3.63, 3.8) is 0 Å². The first kappa shape index (κ1) is 17.1. The van der Waals surface area contributed by atoms with E-state index in [1.54, 1.807) is 17.0 Å². The number of aromatic nitrogens is 2. The van der Waals surface area contributed by atoms with Gasteiger partial charge in [0.15, 0.2) is 0 Å². The predicted octanol–water partition coefficient (Wildman–Crippen LogP) is 4.13. The Bertz CT molecular complexity index is 1030. The van der Waals surface area contributed by atoms with Crippen LogP contribution >= 0.6 is 0 Å². The molecule has 1 aliphatic rings. The molecule has 1 amide bonds. The van der Waals surface area contributed by atoms with E-state index in [0.717, 1.165) is 22.3 Å². The van der Waals surface area contributed by atoms with Gasteiger partial charge in [0.2, 0.25) is 0 Å². The quantitative estimate of drug-likeness (QED) is 0.688. The van der Waals surface area contributed by atoms with E-state index in [1.807, 2.05) is 50.2 Å².